The molecule has 0 saturated carbocycles. The van der Waals surface area contributed by atoms with E-state index in [9.17, 15) is 0 Å². The molecule has 0 spiro atoms. The molecular weight excluding hydrogens is 240 g/mol. The second-order valence-electron chi connectivity index (χ2n) is 4.51. The molecule has 2 nitrogen and oxygen atoms in total. The van der Waals surface area contributed by atoms with Crippen molar-refractivity contribution < 1.29 is 0 Å². The molecule has 0 aliphatic rings. The van der Waals surface area contributed by atoms with Crippen molar-refractivity contribution in [2.45, 2.75) is 26.2 Å². The molecule has 0 amide bonds. The van der Waals surface area contributed by atoms with Gasteiger partial charge >= 0.3 is 0 Å². The minimum atomic E-state index is 0.966. The lowest BCUT2D eigenvalue weighted by Crippen LogP contribution is -1.77. The van der Waals surface area contributed by atoms with Crippen LogP contribution in [-0.2, 0) is 6.42 Å². The number of H-pyrrole nitrogens is 1. The van der Waals surface area contributed by atoms with Gasteiger partial charge in [0.05, 0.1) is 0 Å². The van der Waals surface area contributed by atoms with Gasteiger partial charge in [0, 0.05) is 28.2 Å². The Balaban J connectivity index is 1.96. The van der Waals surface area contributed by atoms with Crippen molar-refractivity contribution in [2.75, 3.05) is 0 Å². The van der Waals surface area contributed by atoms with Gasteiger partial charge in [0.2, 0.25) is 0 Å². The standard InChI is InChI=1S/C15H16N2S/c1-2-3-5-12-8-11(10-18-12)14-9-17-15-13(14)6-4-7-16-15/h4,6-10H,2-3,5H2,1H3,(H,16,17). The van der Waals surface area contributed by atoms with E-state index in [0.717, 1.165) is 5.65 Å². The van der Waals surface area contributed by atoms with Crippen LogP contribution in [0.25, 0.3) is 22.2 Å². The predicted octanol–water partition coefficient (Wildman–Crippen LogP) is 4.63. The average molecular weight is 256 g/mol. The smallest absolute Gasteiger partial charge is 0.137 e. The molecule has 3 aromatic rings. The molecule has 0 aliphatic heterocycles. The highest BCUT2D eigenvalue weighted by Crippen LogP contribution is 2.31. The van der Waals surface area contributed by atoms with E-state index in [1.165, 1.54) is 40.7 Å². The first kappa shape index (κ1) is 11.5. The Kier molecular flexibility index (Phi) is 3.15. The van der Waals surface area contributed by atoms with Crippen molar-refractivity contribution in [2.24, 2.45) is 0 Å². The molecule has 3 rings (SSSR count). The zero-order chi connectivity index (χ0) is 12.4. The molecule has 0 atom stereocenters. The number of aryl methyl sites for hydroxylation is 1. The first-order chi connectivity index (χ1) is 8.88. The van der Waals surface area contributed by atoms with Crippen molar-refractivity contribution in [3.63, 3.8) is 0 Å². The van der Waals surface area contributed by atoms with E-state index in [4.69, 9.17) is 0 Å². The summed E-state index contributed by atoms with van der Waals surface area (Å²) in [6, 6.07) is 6.43. The van der Waals surface area contributed by atoms with Gasteiger partial charge < -0.3 is 4.98 Å². The summed E-state index contributed by atoms with van der Waals surface area (Å²) < 4.78 is 0. The molecule has 0 fully saturated rings. The zero-order valence-corrected chi connectivity index (χ0v) is 11.3. The van der Waals surface area contributed by atoms with Crippen LogP contribution in [0.5, 0.6) is 0 Å². The number of hydrogen-bond donors (Lipinski definition) is 1. The zero-order valence-electron chi connectivity index (χ0n) is 10.4. The third-order valence-corrected chi connectivity index (χ3v) is 4.19. The van der Waals surface area contributed by atoms with Crippen LogP contribution in [0.3, 0.4) is 0 Å². The molecule has 3 aromatic heterocycles. The second-order valence-corrected chi connectivity index (χ2v) is 5.50. The van der Waals surface area contributed by atoms with Crippen molar-refractivity contribution in [3.05, 3.63) is 40.8 Å². The highest BCUT2D eigenvalue weighted by Gasteiger charge is 2.08. The Hall–Kier alpha value is -1.61. The van der Waals surface area contributed by atoms with Crippen LogP contribution in [0.2, 0.25) is 0 Å². The monoisotopic (exact) mass is 256 g/mol. The van der Waals surface area contributed by atoms with Crippen LogP contribution in [0, 0.1) is 0 Å². The Labute approximate surface area is 111 Å². The van der Waals surface area contributed by atoms with Gasteiger partial charge in [0.15, 0.2) is 0 Å². The molecule has 0 unspecified atom stereocenters. The highest BCUT2D eigenvalue weighted by molar-refractivity contribution is 7.10. The summed E-state index contributed by atoms with van der Waals surface area (Å²) in [6.07, 6.45) is 7.60. The number of rotatable bonds is 4. The Bertz CT molecular complexity index is 651. The van der Waals surface area contributed by atoms with Gasteiger partial charge in [0.1, 0.15) is 5.65 Å². The van der Waals surface area contributed by atoms with Crippen LogP contribution < -0.4 is 0 Å². The molecule has 0 radical (unpaired) electrons. The van der Waals surface area contributed by atoms with E-state index in [1.54, 1.807) is 0 Å². The number of nitrogens with zero attached hydrogens (tertiary/aromatic N) is 1. The summed E-state index contributed by atoms with van der Waals surface area (Å²) in [7, 11) is 0. The topological polar surface area (TPSA) is 28.7 Å². The number of thiophene rings is 1. The van der Waals surface area contributed by atoms with Gasteiger partial charge in [-0.25, -0.2) is 4.98 Å². The van der Waals surface area contributed by atoms with Crippen molar-refractivity contribution >= 4 is 22.4 Å². The van der Waals surface area contributed by atoms with E-state index in [0.29, 0.717) is 0 Å². The van der Waals surface area contributed by atoms with Crippen LogP contribution in [0.4, 0.5) is 0 Å². The van der Waals surface area contributed by atoms with Crippen LogP contribution >= 0.6 is 11.3 Å². The highest BCUT2D eigenvalue weighted by atomic mass is 32.1. The quantitative estimate of drug-likeness (QED) is 0.724. The van der Waals surface area contributed by atoms with E-state index in [1.807, 2.05) is 23.6 Å². The van der Waals surface area contributed by atoms with Gasteiger partial charge in [-0.15, -0.1) is 11.3 Å². The predicted molar refractivity (Wildman–Crippen MR) is 78.0 cm³/mol. The molecule has 3 heteroatoms. The fourth-order valence-corrected chi connectivity index (χ4v) is 3.13. The SMILES string of the molecule is CCCCc1cc(-c2c[nH]c3ncccc23)cs1. The first-order valence-corrected chi connectivity index (χ1v) is 7.26. The van der Waals surface area contributed by atoms with Crippen molar-refractivity contribution in [1.82, 2.24) is 9.97 Å². The van der Waals surface area contributed by atoms with E-state index in [2.05, 4.69) is 40.6 Å². The summed E-state index contributed by atoms with van der Waals surface area (Å²) in [6.45, 7) is 2.24. The largest absolute Gasteiger partial charge is 0.346 e. The summed E-state index contributed by atoms with van der Waals surface area (Å²) in [4.78, 5) is 9.04. The maximum Gasteiger partial charge on any atom is 0.137 e. The number of aromatic amines is 1. The molecule has 0 bridgehead atoms. The number of hydrogen-bond acceptors (Lipinski definition) is 2. The Morgan fingerprint density at radius 3 is 3.22 bits per heavy atom. The van der Waals surface area contributed by atoms with Gasteiger partial charge in [-0.1, -0.05) is 13.3 Å². The Morgan fingerprint density at radius 2 is 2.33 bits per heavy atom. The molecule has 92 valence electrons. The molecular formula is C15H16N2S. The van der Waals surface area contributed by atoms with Crippen LogP contribution in [0.15, 0.2) is 36.0 Å². The average Bonchev–Trinajstić information content (AvgIpc) is 3.02. The van der Waals surface area contributed by atoms with Crippen molar-refractivity contribution in [1.29, 1.82) is 0 Å². The molecule has 0 saturated heterocycles. The fraction of sp³-hybridized carbons (Fsp3) is 0.267. The third-order valence-electron chi connectivity index (χ3n) is 3.19. The number of nitrogens with one attached hydrogen (secondary N) is 1. The number of fused-ring (bicyclic) bond motifs is 1. The minimum absolute atomic E-state index is 0.966. The van der Waals surface area contributed by atoms with Gasteiger partial charge in [-0.3, -0.25) is 0 Å². The van der Waals surface area contributed by atoms with E-state index < -0.39 is 0 Å². The van der Waals surface area contributed by atoms with E-state index in [-0.39, 0.29) is 0 Å². The molecule has 3 heterocycles. The lowest BCUT2D eigenvalue weighted by atomic mass is 10.1. The number of aromatic nitrogens is 2. The maximum absolute atomic E-state index is 4.33. The summed E-state index contributed by atoms with van der Waals surface area (Å²) in [5.74, 6) is 0. The fourth-order valence-electron chi connectivity index (χ4n) is 2.20. The van der Waals surface area contributed by atoms with E-state index >= 15 is 0 Å². The van der Waals surface area contributed by atoms with Gasteiger partial charge in [-0.05, 0) is 42.0 Å². The summed E-state index contributed by atoms with van der Waals surface area (Å²) in [5.41, 5.74) is 3.54. The second kappa shape index (κ2) is 4.94. The molecule has 0 aliphatic carbocycles. The molecule has 18 heavy (non-hydrogen) atoms. The normalized spacial score (nSPS) is 11.2. The van der Waals surface area contributed by atoms with Crippen LogP contribution in [0.1, 0.15) is 24.6 Å². The third kappa shape index (κ3) is 2.06. The molecule has 1 N–H and O–H groups in total. The molecule has 0 aromatic carbocycles. The van der Waals surface area contributed by atoms with Gasteiger partial charge in [-0.2, -0.15) is 0 Å². The van der Waals surface area contributed by atoms with Crippen LogP contribution in [-0.4, -0.2) is 9.97 Å². The minimum Gasteiger partial charge on any atom is -0.346 e. The summed E-state index contributed by atoms with van der Waals surface area (Å²) in [5, 5.41) is 3.46. The lowest BCUT2D eigenvalue weighted by Gasteiger charge is -1.94. The van der Waals surface area contributed by atoms with Gasteiger partial charge in [0.25, 0.3) is 0 Å². The van der Waals surface area contributed by atoms with Crippen molar-refractivity contribution in [3.8, 4) is 11.1 Å². The number of pyridine rings is 1. The lowest BCUT2D eigenvalue weighted by molar-refractivity contribution is 0.804. The summed E-state index contributed by atoms with van der Waals surface area (Å²) >= 11 is 1.86. The maximum atomic E-state index is 4.33. The Morgan fingerprint density at radius 1 is 1.39 bits per heavy atom. The number of unbranched alkanes of at least 4 members (excludes halogenated alkanes) is 1. The first-order valence-electron chi connectivity index (χ1n) is 6.38.